The summed E-state index contributed by atoms with van der Waals surface area (Å²) in [5.41, 5.74) is 6.43. The molecule has 2 atom stereocenters. The average molecular weight is 391 g/mol. The molecule has 0 spiro atoms. The van der Waals surface area contributed by atoms with Gasteiger partial charge in [-0.15, -0.1) is 35.0 Å². The second-order valence-corrected chi connectivity index (χ2v) is 5.76. The molecule has 25 heavy (non-hydrogen) atoms. The van der Waals surface area contributed by atoms with Crippen molar-refractivity contribution in [2.24, 2.45) is 11.7 Å². The molecule has 140 valence electrons. The van der Waals surface area contributed by atoms with Crippen LogP contribution in [0.15, 0.2) is 24.4 Å². The number of pyridine rings is 1. The molecule has 2 aromatic heterocycles. The Bertz CT molecular complexity index is 706. The topological polar surface area (TPSA) is 114 Å². The first-order valence-corrected chi connectivity index (χ1v) is 7.52. The zero-order valence-electron chi connectivity index (χ0n) is 14.3. The lowest BCUT2D eigenvalue weighted by Gasteiger charge is -2.16. The summed E-state index contributed by atoms with van der Waals surface area (Å²) >= 11 is 0. The first kappa shape index (κ1) is 23.1. The standard InChI is InChI=1S/C15H22N6O2.2ClH/c1-9(2)13(16)15(23)17-8-12(22)18-10(3)14-20-19-11-6-4-5-7-21(11)14;;/h4-7,9-10,13H,8,16H2,1-3H3,(H,17,23)(H,18,22);2*1H/t10?,13-;;/m0../s1. The molecule has 2 amide bonds. The van der Waals surface area contributed by atoms with E-state index in [1.165, 1.54) is 0 Å². The fourth-order valence-electron chi connectivity index (χ4n) is 2.10. The first-order valence-electron chi connectivity index (χ1n) is 7.52. The van der Waals surface area contributed by atoms with Gasteiger partial charge in [-0.2, -0.15) is 0 Å². The van der Waals surface area contributed by atoms with Crippen molar-refractivity contribution < 1.29 is 9.59 Å². The maximum atomic E-state index is 12.0. The van der Waals surface area contributed by atoms with Gasteiger partial charge in [0.25, 0.3) is 0 Å². The van der Waals surface area contributed by atoms with Gasteiger partial charge in [-0.25, -0.2) is 0 Å². The fraction of sp³-hybridized carbons (Fsp3) is 0.467. The maximum absolute atomic E-state index is 12.0. The molecule has 0 bridgehead atoms. The highest BCUT2D eigenvalue weighted by Gasteiger charge is 2.19. The molecule has 0 aliphatic carbocycles. The van der Waals surface area contributed by atoms with Crippen LogP contribution in [0.4, 0.5) is 0 Å². The molecule has 8 nitrogen and oxygen atoms in total. The van der Waals surface area contributed by atoms with Crippen LogP contribution in [0.25, 0.3) is 5.65 Å². The monoisotopic (exact) mass is 390 g/mol. The van der Waals surface area contributed by atoms with Crippen LogP contribution in [0.1, 0.15) is 32.6 Å². The number of fused-ring (bicyclic) bond motifs is 1. The van der Waals surface area contributed by atoms with Crippen LogP contribution in [-0.4, -0.2) is 39.0 Å². The zero-order chi connectivity index (χ0) is 17.0. The van der Waals surface area contributed by atoms with E-state index in [0.29, 0.717) is 11.5 Å². The van der Waals surface area contributed by atoms with Crippen LogP contribution >= 0.6 is 24.8 Å². The highest BCUT2D eigenvalue weighted by atomic mass is 35.5. The van der Waals surface area contributed by atoms with Gasteiger partial charge < -0.3 is 16.4 Å². The van der Waals surface area contributed by atoms with E-state index in [-0.39, 0.29) is 55.1 Å². The third-order valence-corrected chi connectivity index (χ3v) is 3.55. The van der Waals surface area contributed by atoms with Crippen molar-refractivity contribution in [2.75, 3.05) is 6.54 Å². The lowest BCUT2D eigenvalue weighted by Crippen LogP contribution is -2.47. The Kier molecular flexibility index (Phi) is 9.40. The van der Waals surface area contributed by atoms with Gasteiger partial charge in [-0.05, 0) is 25.0 Å². The molecule has 4 N–H and O–H groups in total. The molecule has 0 saturated heterocycles. The minimum atomic E-state index is -0.624. The highest BCUT2D eigenvalue weighted by Crippen LogP contribution is 2.11. The first-order chi connectivity index (χ1) is 10.9. The molecule has 0 fully saturated rings. The fourth-order valence-corrected chi connectivity index (χ4v) is 2.10. The van der Waals surface area contributed by atoms with Gasteiger partial charge in [0.05, 0.1) is 18.6 Å². The number of nitrogens with zero attached hydrogens (tertiary/aromatic N) is 3. The van der Waals surface area contributed by atoms with Crippen molar-refractivity contribution in [1.82, 2.24) is 25.2 Å². The number of hydrogen-bond donors (Lipinski definition) is 3. The second-order valence-electron chi connectivity index (χ2n) is 5.76. The Morgan fingerprint density at radius 3 is 2.52 bits per heavy atom. The van der Waals surface area contributed by atoms with Crippen LogP contribution in [0, 0.1) is 5.92 Å². The third kappa shape index (κ3) is 5.84. The molecule has 0 aromatic carbocycles. The molecule has 0 radical (unpaired) electrons. The molecule has 0 saturated carbocycles. The Balaban J connectivity index is 0.00000288. The van der Waals surface area contributed by atoms with E-state index in [1.807, 2.05) is 45.2 Å². The van der Waals surface area contributed by atoms with Crippen LogP contribution in [0.5, 0.6) is 0 Å². The van der Waals surface area contributed by atoms with Crippen molar-refractivity contribution in [3.63, 3.8) is 0 Å². The van der Waals surface area contributed by atoms with Crippen molar-refractivity contribution in [3.8, 4) is 0 Å². The summed E-state index contributed by atoms with van der Waals surface area (Å²) in [6, 6.07) is 4.60. The van der Waals surface area contributed by atoms with E-state index in [1.54, 1.807) is 4.40 Å². The Morgan fingerprint density at radius 2 is 1.88 bits per heavy atom. The SMILES string of the molecule is CC(NC(=O)CNC(=O)[C@@H](N)C(C)C)c1nnc2ccccn12.Cl.Cl. The molecular formula is C15H24Cl2N6O2. The molecule has 0 aliphatic heterocycles. The van der Waals surface area contributed by atoms with Crippen molar-refractivity contribution >= 4 is 42.3 Å². The minimum Gasteiger partial charge on any atom is -0.346 e. The number of carbonyl (C=O) groups excluding carboxylic acids is 2. The van der Waals surface area contributed by atoms with Gasteiger partial charge in [-0.3, -0.25) is 14.0 Å². The van der Waals surface area contributed by atoms with Gasteiger partial charge in [0.1, 0.15) is 0 Å². The van der Waals surface area contributed by atoms with E-state index in [0.717, 1.165) is 0 Å². The normalized spacial score (nSPS) is 12.7. The molecular weight excluding hydrogens is 367 g/mol. The number of hydrogen-bond acceptors (Lipinski definition) is 5. The highest BCUT2D eigenvalue weighted by molar-refractivity contribution is 5.87. The molecule has 1 unspecified atom stereocenters. The summed E-state index contributed by atoms with van der Waals surface area (Å²) in [5.74, 6) is -0.0104. The second kappa shape index (κ2) is 10.2. The van der Waals surface area contributed by atoms with E-state index in [4.69, 9.17) is 5.73 Å². The smallest absolute Gasteiger partial charge is 0.239 e. The Hall–Kier alpha value is -1.90. The van der Waals surface area contributed by atoms with Gasteiger partial charge in [-0.1, -0.05) is 19.9 Å². The minimum absolute atomic E-state index is 0. The van der Waals surface area contributed by atoms with Crippen LogP contribution < -0.4 is 16.4 Å². The van der Waals surface area contributed by atoms with E-state index in [2.05, 4.69) is 20.8 Å². The predicted molar refractivity (Wildman–Crippen MR) is 99.9 cm³/mol. The Morgan fingerprint density at radius 1 is 1.20 bits per heavy atom. The number of nitrogens with two attached hydrogens (primary N) is 1. The predicted octanol–water partition coefficient (Wildman–Crippen LogP) is 0.850. The summed E-state index contributed by atoms with van der Waals surface area (Å²) in [4.78, 5) is 23.7. The summed E-state index contributed by atoms with van der Waals surface area (Å²) in [7, 11) is 0. The van der Waals surface area contributed by atoms with Crippen molar-refractivity contribution in [1.29, 1.82) is 0 Å². The molecule has 10 heteroatoms. The number of aromatic nitrogens is 3. The lowest BCUT2D eigenvalue weighted by atomic mass is 10.1. The summed E-state index contributed by atoms with van der Waals surface area (Å²) < 4.78 is 1.80. The van der Waals surface area contributed by atoms with Gasteiger partial charge in [0, 0.05) is 6.20 Å². The van der Waals surface area contributed by atoms with Crippen LogP contribution in [0.3, 0.4) is 0 Å². The number of halogens is 2. The number of nitrogens with one attached hydrogen (secondary N) is 2. The summed E-state index contributed by atoms with van der Waals surface area (Å²) in [6.45, 7) is 5.38. The molecule has 2 heterocycles. The Labute approximate surface area is 158 Å². The van der Waals surface area contributed by atoms with Gasteiger partial charge in [0.15, 0.2) is 11.5 Å². The number of rotatable bonds is 6. The number of carbonyl (C=O) groups is 2. The van der Waals surface area contributed by atoms with E-state index < -0.39 is 6.04 Å². The van der Waals surface area contributed by atoms with Crippen molar-refractivity contribution in [2.45, 2.75) is 32.9 Å². The number of amides is 2. The van der Waals surface area contributed by atoms with Crippen molar-refractivity contribution in [3.05, 3.63) is 30.2 Å². The third-order valence-electron chi connectivity index (χ3n) is 3.55. The van der Waals surface area contributed by atoms with E-state index >= 15 is 0 Å². The largest absolute Gasteiger partial charge is 0.346 e. The van der Waals surface area contributed by atoms with Gasteiger partial charge >= 0.3 is 0 Å². The molecule has 0 aliphatic rings. The summed E-state index contributed by atoms with van der Waals surface area (Å²) in [5, 5.41) is 13.4. The molecule has 2 rings (SSSR count). The van der Waals surface area contributed by atoms with Gasteiger partial charge in [0.2, 0.25) is 11.8 Å². The zero-order valence-corrected chi connectivity index (χ0v) is 15.9. The van der Waals surface area contributed by atoms with Crippen LogP contribution in [-0.2, 0) is 9.59 Å². The maximum Gasteiger partial charge on any atom is 0.239 e. The molecule has 2 aromatic rings. The average Bonchev–Trinajstić information content (AvgIpc) is 2.95. The lowest BCUT2D eigenvalue weighted by molar-refractivity contribution is -0.127. The van der Waals surface area contributed by atoms with Crippen LogP contribution in [0.2, 0.25) is 0 Å². The quantitative estimate of drug-likeness (QED) is 0.676. The summed E-state index contributed by atoms with van der Waals surface area (Å²) in [6.07, 6.45) is 1.83. The van der Waals surface area contributed by atoms with E-state index in [9.17, 15) is 9.59 Å².